The average molecular weight is 386 g/mol. The summed E-state index contributed by atoms with van der Waals surface area (Å²) in [6.45, 7) is 2.21. The highest BCUT2D eigenvalue weighted by atomic mass is 16.2. The zero-order chi connectivity index (χ0) is 19.6. The van der Waals surface area contributed by atoms with E-state index in [0.29, 0.717) is 12.1 Å². The van der Waals surface area contributed by atoms with Gasteiger partial charge >= 0.3 is 0 Å². The van der Waals surface area contributed by atoms with Gasteiger partial charge in [0.1, 0.15) is 5.82 Å². The van der Waals surface area contributed by atoms with Crippen molar-refractivity contribution in [2.24, 2.45) is 0 Å². The Morgan fingerprint density at radius 1 is 1.10 bits per heavy atom. The van der Waals surface area contributed by atoms with E-state index in [0.717, 1.165) is 37.3 Å². The molecule has 1 amide bonds. The van der Waals surface area contributed by atoms with E-state index >= 15 is 0 Å². The van der Waals surface area contributed by atoms with E-state index < -0.39 is 0 Å². The molecule has 0 radical (unpaired) electrons. The molecular formula is C22H22N6O. The van der Waals surface area contributed by atoms with Crippen molar-refractivity contribution in [3.8, 4) is 0 Å². The molecule has 0 bridgehead atoms. The first-order valence-electron chi connectivity index (χ1n) is 9.91. The Kier molecular flexibility index (Phi) is 4.56. The van der Waals surface area contributed by atoms with Crippen LogP contribution in [0.4, 0.5) is 0 Å². The Hall–Kier alpha value is -3.48. The number of nitrogens with zero attached hydrogens (tertiary/aromatic N) is 6. The molecule has 1 aliphatic heterocycles. The predicted octanol–water partition coefficient (Wildman–Crippen LogP) is 2.99. The van der Waals surface area contributed by atoms with E-state index in [1.54, 1.807) is 10.7 Å². The van der Waals surface area contributed by atoms with Gasteiger partial charge in [-0.1, -0.05) is 6.07 Å². The highest BCUT2D eigenvalue weighted by Gasteiger charge is 2.29. The number of aromatic nitrogens is 5. The fourth-order valence-electron chi connectivity index (χ4n) is 4.14. The number of imidazole rings is 1. The summed E-state index contributed by atoms with van der Waals surface area (Å²) in [5.74, 6) is 1.31. The molecule has 5 heterocycles. The molecule has 29 heavy (non-hydrogen) atoms. The number of pyridine rings is 2. The molecule has 0 saturated carbocycles. The number of carbonyl (C=O) groups is 1. The third-order valence-electron chi connectivity index (χ3n) is 5.58. The van der Waals surface area contributed by atoms with Gasteiger partial charge in [0.2, 0.25) is 0 Å². The van der Waals surface area contributed by atoms with Crippen LogP contribution in [-0.4, -0.2) is 48.0 Å². The quantitative estimate of drug-likeness (QED) is 0.541. The lowest BCUT2D eigenvalue weighted by atomic mass is 9.96. The number of likely N-dealkylation sites (tertiary alicyclic amines) is 1. The minimum Gasteiger partial charge on any atom is -0.338 e. The van der Waals surface area contributed by atoms with Crippen molar-refractivity contribution in [2.75, 3.05) is 13.1 Å². The summed E-state index contributed by atoms with van der Waals surface area (Å²) in [4.78, 5) is 23.9. The third kappa shape index (κ3) is 3.40. The van der Waals surface area contributed by atoms with Gasteiger partial charge in [-0.05, 0) is 42.7 Å². The van der Waals surface area contributed by atoms with Gasteiger partial charge in [0, 0.05) is 56.5 Å². The van der Waals surface area contributed by atoms with Crippen LogP contribution >= 0.6 is 0 Å². The van der Waals surface area contributed by atoms with E-state index in [-0.39, 0.29) is 11.8 Å². The summed E-state index contributed by atoms with van der Waals surface area (Å²) in [5, 5.41) is 4.31. The molecule has 1 fully saturated rings. The maximum atomic E-state index is 13.2. The second-order valence-corrected chi connectivity index (χ2v) is 7.45. The van der Waals surface area contributed by atoms with Gasteiger partial charge in [-0.3, -0.25) is 9.78 Å². The maximum absolute atomic E-state index is 13.2. The molecule has 5 rings (SSSR count). The average Bonchev–Trinajstić information content (AvgIpc) is 3.41. The monoisotopic (exact) mass is 386 g/mol. The zero-order valence-corrected chi connectivity index (χ0v) is 16.1. The summed E-state index contributed by atoms with van der Waals surface area (Å²) < 4.78 is 3.93. The van der Waals surface area contributed by atoms with Crippen LogP contribution in [0.1, 0.15) is 40.5 Å². The number of piperidine rings is 1. The first kappa shape index (κ1) is 17.6. The van der Waals surface area contributed by atoms with Crippen LogP contribution < -0.4 is 0 Å². The summed E-state index contributed by atoms with van der Waals surface area (Å²) >= 11 is 0. The summed E-state index contributed by atoms with van der Waals surface area (Å²) in [6.07, 6.45) is 13.0. The van der Waals surface area contributed by atoms with E-state index in [1.807, 2.05) is 66.2 Å². The molecule has 0 N–H and O–H groups in total. The van der Waals surface area contributed by atoms with Gasteiger partial charge in [0.25, 0.3) is 5.91 Å². The Morgan fingerprint density at radius 3 is 2.90 bits per heavy atom. The first-order valence-corrected chi connectivity index (χ1v) is 9.91. The fraction of sp³-hybridized carbons (Fsp3) is 0.273. The van der Waals surface area contributed by atoms with Crippen LogP contribution in [0.3, 0.4) is 0 Å². The number of rotatable bonds is 4. The highest BCUT2D eigenvalue weighted by Crippen LogP contribution is 2.28. The molecule has 4 aromatic heterocycles. The smallest absolute Gasteiger partial charge is 0.257 e. The largest absolute Gasteiger partial charge is 0.338 e. The van der Waals surface area contributed by atoms with Crippen molar-refractivity contribution >= 4 is 11.4 Å². The number of hydrogen-bond acceptors (Lipinski definition) is 4. The second-order valence-electron chi connectivity index (χ2n) is 7.45. The number of fused-ring (bicyclic) bond motifs is 1. The van der Waals surface area contributed by atoms with Crippen LogP contribution in [0.25, 0.3) is 5.52 Å². The van der Waals surface area contributed by atoms with Gasteiger partial charge < -0.3 is 9.47 Å². The van der Waals surface area contributed by atoms with Gasteiger partial charge in [0.05, 0.1) is 17.3 Å². The molecule has 1 atom stereocenters. The Morgan fingerprint density at radius 2 is 2.00 bits per heavy atom. The first-order chi connectivity index (χ1) is 14.3. The molecule has 0 aliphatic carbocycles. The van der Waals surface area contributed by atoms with Crippen LogP contribution in [0.2, 0.25) is 0 Å². The third-order valence-corrected chi connectivity index (χ3v) is 5.58. The van der Waals surface area contributed by atoms with Crippen molar-refractivity contribution in [1.29, 1.82) is 0 Å². The molecular weight excluding hydrogens is 364 g/mol. The Balaban J connectivity index is 1.36. The SMILES string of the molecule is O=C(c1cnn2ccccc12)N1CCC[C@@H](c2nccn2Cc2ccncc2)C1. The minimum absolute atomic E-state index is 0.0446. The van der Waals surface area contributed by atoms with Crippen molar-refractivity contribution in [2.45, 2.75) is 25.3 Å². The summed E-state index contributed by atoms with van der Waals surface area (Å²) in [5.41, 5.74) is 2.69. The fourth-order valence-corrected chi connectivity index (χ4v) is 4.14. The highest BCUT2D eigenvalue weighted by molar-refractivity contribution is 6.00. The van der Waals surface area contributed by atoms with E-state index in [1.165, 1.54) is 5.56 Å². The maximum Gasteiger partial charge on any atom is 0.257 e. The van der Waals surface area contributed by atoms with Gasteiger partial charge in [-0.15, -0.1) is 0 Å². The van der Waals surface area contributed by atoms with Crippen LogP contribution in [0.15, 0.2) is 67.5 Å². The molecule has 0 spiro atoms. The molecule has 7 heteroatoms. The summed E-state index contributed by atoms with van der Waals surface area (Å²) in [6, 6.07) is 9.82. The number of carbonyl (C=O) groups excluding carboxylic acids is 1. The topological polar surface area (TPSA) is 68.3 Å². The van der Waals surface area contributed by atoms with Crippen LogP contribution in [-0.2, 0) is 6.54 Å². The molecule has 1 saturated heterocycles. The van der Waals surface area contributed by atoms with Gasteiger partial charge in [0.15, 0.2) is 0 Å². The van der Waals surface area contributed by atoms with Crippen molar-refractivity contribution < 1.29 is 4.79 Å². The van der Waals surface area contributed by atoms with E-state index in [2.05, 4.69) is 19.6 Å². The molecule has 0 unspecified atom stereocenters. The molecule has 7 nitrogen and oxygen atoms in total. The standard InChI is InChI=1S/C22H22N6O/c29-22(19-14-25-28-12-2-1-5-20(19)28)27-11-3-4-18(16-27)21-24-10-13-26(21)15-17-6-8-23-9-7-17/h1-2,5-10,12-14,18H,3-4,11,15-16H2/t18-/m1/s1. The van der Waals surface area contributed by atoms with E-state index in [9.17, 15) is 4.79 Å². The van der Waals surface area contributed by atoms with Crippen LogP contribution in [0, 0.1) is 0 Å². The van der Waals surface area contributed by atoms with Crippen LogP contribution in [0.5, 0.6) is 0 Å². The lowest BCUT2D eigenvalue weighted by molar-refractivity contribution is 0.0705. The molecule has 4 aromatic rings. The molecule has 0 aromatic carbocycles. The Labute approximate surface area is 168 Å². The molecule has 1 aliphatic rings. The number of amides is 1. The van der Waals surface area contributed by atoms with Crippen molar-refractivity contribution in [3.05, 3.63) is 84.5 Å². The van der Waals surface area contributed by atoms with Gasteiger partial charge in [-0.2, -0.15) is 5.10 Å². The predicted molar refractivity (Wildman–Crippen MR) is 109 cm³/mol. The number of hydrogen-bond donors (Lipinski definition) is 0. The summed E-state index contributed by atoms with van der Waals surface area (Å²) in [7, 11) is 0. The van der Waals surface area contributed by atoms with Crippen molar-refractivity contribution in [1.82, 2.24) is 29.0 Å². The zero-order valence-electron chi connectivity index (χ0n) is 16.1. The molecule has 146 valence electrons. The minimum atomic E-state index is 0.0446. The second kappa shape index (κ2) is 7.50. The van der Waals surface area contributed by atoms with E-state index in [4.69, 9.17) is 0 Å². The lowest BCUT2D eigenvalue weighted by Crippen LogP contribution is -2.39. The lowest BCUT2D eigenvalue weighted by Gasteiger charge is -2.32. The Bertz CT molecular complexity index is 1130. The normalized spacial score (nSPS) is 17.0. The van der Waals surface area contributed by atoms with Crippen molar-refractivity contribution in [3.63, 3.8) is 0 Å². The van der Waals surface area contributed by atoms with Gasteiger partial charge in [-0.25, -0.2) is 9.50 Å².